The number of carbonyl (C=O) groups excluding carboxylic acids is 1. The smallest absolute Gasteiger partial charge is 0.407 e. The highest BCUT2D eigenvalue weighted by molar-refractivity contribution is 5.67. The molecule has 0 aromatic carbocycles. The van der Waals surface area contributed by atoms with Gasteiger partial charge in [0.2, 0.25) is 17.4 Å². The molecule has 3 aliphatic heterocycles. The summed E-state index contributed by atoms with van der Waals surface area (Å²) in [7, 11) is 1.00. The van der Waals surface area contributed by atoms with Gasteiger partial charge in [-0.2, -0.15) is 0 Å². The molecule has 43 heavy (non-hydrogen) atoms. The van der Waals surface area contributed by atoms with E-state index in [1.165, 1.54) is 0 Å². The molecule has 0 radical (unpaired) electrons. The number of hydrogen-bond donors (Lipinski definition) is 12. The molecule has 0 spiro atoms. The summed E-state index contributed by atoms with van der Waals surface area (Å²) < 4.78 is 32.5. The van der Waals surface area contributed by atoms with Crippen molar-refractivity contribution in [2.75, 3.05) is 53.3 Å². The normalized spacial score (nSPS) is 42.8. The highest BCUT2D eigenvalue weighted by Gasteiger charge is 2.61. The zero-order valence-electron chi connectivity index (χ0n) is 23.8. The summed E-state index contributed by atoms with van der Waals surface area (Å²) in [5, 5.41) is 112. The molecule has 3 aliphatic rings. The zero-order valence-corrected chi connectivity index (χ0v) is 23.8. The number of ether oxygens (including phenoxy) is 6. The van der Waals surface area contributed by atoms with Gasteiger partial charge in [-0.25, -0.2) is 4.79 Å². The lowest BCUT2D eigenvalue weighted by Gasteiger charge is -2.44. The predicted molar refractivity (Wildman–Crippen MR) is 137 cm³/mol. The Kier molecular flexibility index (Phi) is 14.3. The van der Waals surface area contributed by atoms with Crippen molar-refractivity contribution >= 4 is 6.09 Å². The van der Waals surface area contributed by atoms with E-state index in [0.717, 1.165) is 7.11 Å². The maximum atomic E-state index is 11.9. The second-order valence-corrected chi connectivity index (χ2v) is 10.3. The molecular formula is C24H45NO18. The van der Waals surface area contributed by atoms with Crippen LogP contribution in [0.15, 0.2) is 0 Å². The quantitative estimate of drug-likeness (QED) is 0.0895. The molecule has 3 saturated heterocycles. The summed E-state index contributed by atoms with van der Waals surface area (Å²) >= 11 is 0. The third kappa shape index (κ3) is 8.27. The van der Waals surface area contributed by atoms with Crippen LogP contribution in [0.25, 0.3) is 0 Å². The van der Waals surface area contributed by atoms with Crippen molar-refractivity contribution in [2.45, 2.75) is 92.1 Å². The molecule has 0 aromatic rings. The van der Waals surface area contributed by atoms with Crippen molar-refractivity contribution in [1.29, 1.82) is 0 Å². The fourth-order valence-corrected chi connectivity index (χ4v) is 4.73. The molecule has 19 nitrogen and oxygen atoms in total. The number of amides is 1. The maximum Gasteiger partial charge on any atom is 0.407 e. The van der Waals surface area contributed by atoms with Crippen molar-refractivity contribution < 1.29 is 89.4 Å². The second kappa shape index (κ2) is 16.3. The average Bonchev–Trinajstić information content (AvgIpc) is 3.40. The van der Waals surface area contributed by atoms with E-state index >= 15 is 0 Å². The Hall–Kier alpha value is -1.37. The molecule has 0 saturated carbocycles. The van der Waals surface area contributed by atoms with Crippen molar-refractivity contribution in [3.63, 3.8) is 0 Å². The Labute approximate surface area is 246 Å². The molecule has 0 bridgehead atoms. The first-order chi connectivity index (χ1) is 20.3. The molecule has 12 atom stereocenters. The van der Waals surface area contributed by atoms with Gasteiger partial charge in [0.15, 0.2) is 0 Å². The van der Waals surface area contributed by atoms with Crippen LogP contribution >= 0.6 is 0 Å². The highest BCUT2D eigenvalue weighted by Crippen LogP contribution is 2.39. The van der Waals surface area contributed by atoms with Crippen LogP contribution < -0.4 is 5.32 Å². The van der Waals surface area contributed by atoms with E-state index in [2.05, 4.69) is 5.32 Å². The molecule has 3 rings (SSSR count). The Bertz CT molecular complexity index is 857. The van der Waals surface area contributed by atoms with Crippen molar-refractivity contribution in [3.05, 3.63) is 0 Å². The lowest BCUT2D eigenvalue weighted by molar-refractivity contribution is -0.381. The molecule has 0 aliphatic carbocycles. The number of rotatable bonds is 13. The van der Waals surface area contributed by atoms with Crippen LogP contribution in [-0.2, 0) is 28.4 Å². The summed E-state index contributed by atoms with van der Waals surface area (Å²) in [6.45, 7) is -3.04. The van der Waals surface area contributed by atoms with Gasteiger partial charge in [-0.1, -0.05) is 6.92 Å². The topological polar surface area (TPSA) is 307 Å². The summed E-state index contributed by atoms with van der Waals surface area (Å²) in [5.41, 5.74) is 0. The number of aliphatic hydroxyl groups is 11. The van der Waals surface area contributed by atoms with Crippen LogP contribution in [0.5, 0.6) is 0 Å². The Balaban J connectivity index is 0.00000316. The van der Waals surface area contributed by atoms with Gasteiger partial charge < -0.3 is 89.9 Å². The first-order valence-corrected chi connectivity index (χ1v) is 13.6. The minimum Gasteiger partial charge on any atom is -0.447 e. The molecule has 1 amide bonds. The summed E-state index contributed by atoms with van der Waals surface area (Å²) in [5.74, 6) is -7.42. The molecule has 3 heterocycles. The largest absolute Gasteiger partial charge is 0.447 e. The van der Waals surface area contributed by atoms with Gasteiger partial charge in [0.05, 0.1) is 19.3 Å². The fourth-order valence-electron chi connectivity index (χ4n) is 4.73. The molecule has 0 aromatic heterocycles. The van der Waals surface area contributed by atoms with Crippen LogP contribution in [-0.4, -0.2) is 188 Å². The molecule has 12 N–H and O–H groups in total. The lowest BCUT2D eigenvalue weighted by Crippen LogP contribution is -2.62. The minimum atomic E-state index is -2.57. The first-order valence-electron chi connectivity index (χ1n) is 13.6. The Morgan fingerprint density at radius 2 is 1.40 bits per heavy atom. The van der Waals surface area contributed by atoms with E-state index in [1.54, 1.807) is 0 Å². The molecule has 4 unspecified atom stereocenters. The SMILES string of the molecule is CCCNC(=O)OC[C@H]1O[C@@](CO[C@]2(CO)O[C@H](CO)[C@H](O)C2O)(OC[C@@]2(O)OC(CO)[C@@H](O)CC2O)C(O)[C@H]1O.CO. The number of hydrogen-bond acceptors (Lipinski definition) is 18. The third-order valence-corrected chi connectivity index (χ3v) is 7.30. The van der Waals surface area contributed by atoms with Gasteiger partial charge >= 0.3 is 6.09 Å². The maximum absolute atomic E-state index is 11.9. The van der Waals surface area contributed by atoms with Gasteiger partial charge in [0.1, 0.15) is 75.3 Å². The number of nitrogens with one attached hydrogen (secondary N) is 1. The molecule has 19 heteroatoms. The fraction of sp³-hybridized carbons (Fsp3) is 0.958. The molecule has 3 fully saturated rings. The van der Waals surface area contributed by atoms with Gasteiger partial charge in [-0.15, -0.1) is 0 Å². The molecule has 254 valence electrons. The standard InChI is InChI=1S/C23H41NO17.CH4O/c1-2-3-24-20(34)36-7-14-17(31)19(33)23(41-14,10-38-22(8-27)18(32)16(30)13(6-26)40-22)37-9-21(35)15(29)4-11(28)12(5-25)39-21;1-2/h11-19,25-33,35H,2-10H2,1H3,(H,24,34);2H,1H3/t11-,12?,13+,14+,15?,16-,17-,18?,19?,21+,22+,23+;/m0./s1. The highest BCUT2D eigenvalue weighted by atomic mass is 16.8. The van der Waals surface area contributed by atoms with E-state index in [9.17, 15) is 55.9 Å². The van der Waals surface area contributed by atoms with E-state index in [0.29, 0.717) is 13.0 Å². The third-order valence-electron chi connectivity index (χ3n) is 7.30. The van der Waals surface area contributed by atoms with Crippen LogP contribution in [0, 0.1) is 0 Å². The number of aliphatic hydroxyl groups excluding tert-OH is 10. The van der Waals surface area contributed by atoms with E-state index < -0.39 is 124 Å². The Morgan fingerprint density at radius 1 is 0.837 bits per heavy atom. The first kappa shape index (κ1) is 37.8. The van der Waals surface area contributed by atoms with Gasteiger partial charge in [0, 0.05) is 20.1 Å². The monoisotopic (exact) mass is 635 g/mol. The number of alkyl carbamates (subject to hydrolysis) is 1. The second-order valence-electron chi connectivity index (χ2n) is 10.3. The van der Waals surface area contributed by atoms with Crippen LogP contribution in [0.4, 0.5) is 4.79 Å². The van der Waals surface area contributed by atoms with E-state index in [1.807, 2.05) is 6.92 Å². The van der Waals surface area contributed by atoms with Crippen molar-refractivity contribution in [3.8, 4) is 0 Å². The number of carbonyl (C=O) groups is 1. The predicted octanol–water partition coefficient (Wildman–Crippen LogP) is -6.43. The van der Waals surface area contributed by atoms with Crippen molar-refractivity contribution in [2.24, 2.45) is 0 Å². The van der Waals surface area contributed by atoms with E-state index in [-0.39, 0.29) is 0 Å². The summed E-state index contributed by atoms with van der Waals surface area (Å²) in [6.07, 6.45) is -15.3. The zero-order chi connectivity index (χ0) is 32.6. The van der Waals surface area contributed by atoms with Crippen LogP contribution in [0.3, 0.4) is 0 Å². The van der Waals surface area contributed by atoms with Gasteiger partial charge in [0.25, 0.3) is 0 Å². The van der Waals surface area contributed by atoms with Crippen LogP contribution in [0.1, 0.15) is 19.8 Å². The minimum absolute atomic E-state index is 0.299. The van der Waals surface area contributed by atoms with Crippen molar-refractivity contribution in [1.82, 2.24) is 5.32 Å². The van der Waals surface area contributed by atoms with E-state index in [4.69, 9.17) is 33.5 Å². The lowest BCUT2D eigenvalue weighted by atomic mass is 9.96. The van der Waals surface area contributed by atoms with Crippen LogP contribution in [0.2, 0.25) is 0 Å². The summed E-state index contributed by atoms with van der Waals surface area (Å²) in [4.78, 5) is 11.9. The molecular weight excluding hydrogens is 590 g/mol. The summed E-state index contributed by atoms with van der Waals surface area (Å²) in [6, 6.07) is 0. The Morgan fingerprint density at radius 3 is 1.95 bits per heavy atom. The van der Waals surface area contributed by atoms with Gasteiger partial charge in [-0.05, 0) is 6.42 Å². The average molecular weight is 636 g/mol. The van der Waals surface area contributed by atoms with Gasteiger partial charge in [-0.3, -0.25) is 0 Å².